The van der Waals surface area contributed by atoms with Crippen molar-refractivity contribution in [2.75, 3.05) is 45.0 Å². The minimum Gasteiger partial charge on any atom is -0.351 e. The second kappa shape index (κ2) is 8.60. The average Bonchev–Trinajstić information content (AvgIpc) is 2.55. The summed E-state index contributed by atoms with van der Waals surface area (Å²) in [5.74, 6) is 0.164. The lowest BCUT2D eigenvalue weighted by Gasteiger charge is -2.33. The molecule has 7 heteroatoms. The van der Waals surface area contributed by atoms with Gasteiger partial charge in [-0.1, -0.05) is 25.1 Å². The number of hydrogen-bond acceptors (Lipinski definition) is 4. The Balaban J connectivity index is 1.73. The molecule has 1 aliphatic heterocycles. The molecule has 134 valence electrons. The highest BCUT2D eigenvalue weighted by Gasteiger charge is 2.25. The molecule has 1 amide bonds. The highest BCUT2D eigenvalue weighted by atomic mass is 32.2. The number of hydrogen-bond donors (Lipinski definition) is 1. The van der Waals surface area contributed by atoms with E-state index in [2.05, 4.69) is 10.2 Å². The summed E-state index contributed by atoms with van der Waals surface area (Å²) in [6, 6.07) is 7.52. The van der Waals surface area contributed by atoms with Gasteiger partial charge in [0.25, 0.3) is 5.91 Å². The third-order valence-corrected chi connectivity index (χ3v) is 6.37. The average molecular weight is 353 g/mol. The first-order valence-corrected chi connectivity index (χ1v) is 10.1. The molecule has 0 unspecified atom stereocenters. The molecule has 1 aromatic carbocycles. The zero-order valence-electron chi connectivity index (χ0n) is 14.5. The van der Waals surface area contributed by atoms with Gasteiger partial charge in [-0.2, -0.15) is 4.31 Å². The number of benzene rings is 1. The highest BCUT2D eigenvalue weighted by molar-refractivity contribution is 7.89. The molecule has 1 fully saturated rings. The molecule has 0 aliphatic carbocycles. The monoisotopic (exact) mass is 353 g/mol. The highest BCUT2D eigenvalue weighted by Crippen LogP contribution is 2.09. The van der Waals surface area contributed by atoms with Crippen LogP contribution >= 0.6 is 0 Å². The van der Waals surface area contributed by atoms with Gasteiger partial charge in [0.05, 0.1) is 5.75 Å². The Morgan fingerprint density at radius 2 is 1.83 bits per heavy atom. The van der Waals surface area contributed by atoms with Crippen LogP contribution in [0.25, 0.3) is 0 Å². The number of aryl methyl sites for hydroxylation is 1. The summed E-state index contributed by atoms with van der Waals surface area (Å²) in [5, 5.41) is 2.94. The Hall–Kier alpha value is -1.44. The molecule has 1 saturated heterocycles. The first-order valence-electron chi connectivity index (χ1n) is 8.48. The first kappa shape index (κ1) is 18.9. The number of sulfonamides is 1. The maximum Gasteiger partial charge on any atom is 0.251 e. The number of carbonyl (C=O) groups excluding carboxylic acids is 1. The van der Waals surface area contributed by atoms with E-state index in [0.29, 0.717) is 44.7 Å². The summed E-state index contributed by atoms with van der Waals surface area (Å²) in [5.41, 5.74) is 1.66. The van der Waals surface area contributed by atoms with Gasteiger partial charge in [0.15, 0.2) is 0 Å². The maximum absolute atomic E-state index is 12.1. The van der Waals surface area contributed by atoms with Crippen LogP contribution in [0.4, 0.5) is 0 Å². The van der Waals surface area contributed by atoms with Crippen molar-refractivity contribution in [1.82, 2.24) is 14.5 Å². The zero-order valence-corrected chi connectivity index (χ0v) is 15.3. The number of carbonyl (C=O) groups is 1. The van der Waals surface area contributed by atoms with Crippen LogP contribution in [0.5, 0.6) is 0 Å². The van der Waals surface area contributed by atoms with Crippen molar-refractivity contribution in [3.63, 3.8) is 0 Å². The predicted octanol–water partition coefficient (Wildman–Crippen LogP) is 1.08. The molecule has 0 aromatic heterocycles. The number of piperazine rings is 1. The normalized spacial score (nSPS) is 16.9. The van der Waals surface area contributed by atoms with Crippen molar-refractivity contribution in [1.29, 1.82) is 0 Å². The van der Waals surface area contributed by atoms with Crippen LogP contribution in [0.3, 0.4) is 0 Å². The molecule has 1 N–H and O–H groups in total. The van der Waals surface area contributed by atoms with Crippen molar-refractivity contribution in [2.24, 2.45) is 0 Å². The smallest absolute Gasteiger partial charge is 0.251 e. The molecule has 1 aromatic rings. The summed E-state index contributed by atoms with van der Waals surface area (Å²) in [6.07, 6.45) is 0.646. The summed E-state index contributed by atoms with van der Waals surface area (Å²) in [4.78, 5) is 14.3. The molecule has 0 spiro atoms. The van der Waals surface area contributed by atoms with Gasteiger partial charge in [-0.3, -0.25) is 9.69 Å². The molecule has 0 bridgehead atoms. The Bertz CT molecular complexity index is 653. The molecule has 24 heavy (non-hydrogen) atoms. The van der Waals surface area contributed by atoms with Gasteiger partial charge in [-0.25, -0.2) is 8.42 Å². The minimum absolute atomic E-state index is 0.0581. The van der Waals surface area contributed by atoms with Gasteiger partial charge in [0.2, 0.25) is 10.0 Å². The maximum atomic E-state index is 12.1. The number of amides is 1. The van der Waals surface area contributed by atoms with E-state index in [1.165, 1.54) is 0 Å². The van der Waals surface area contributed by atoms with Gasteiger partial charge in [-0.05, 0) is 25.0 Å². The summed E-state index contributed by atoms with van der Waals surface area (Å²) >= 11 is 0. The van der Waals surface area contributed by atoms with E-state index in [-0.39, 0.29) is 11.7 Å². The fraction of sp³-hybridized carbons (Fsp3) is 0.588. The van der Waals surface area contributed by atoms with Crippen molar-refractivity contribution in [2.45, 2.75) is 20.3 Å². The van der Waals surface area contributed by atoms with Gasteiger partial charge in [0.1, 0.15) is 0 Å². The van der Waals surface area contributed by atoms with Crippen molar-refractivity contribution in [3.8, 4) is 0 Å². The van der Waals surface area contributed by atoms with Crippen LogP contribution in [0.15, 0.2) is 24.3 Å². The Morgan fingerprint density at radius 3 is 2.46 bits per heavy atom. The second-order valence-electron chi connectivity index (χ2n) is 6.13. The predicted molar refractivity (Wildman–Crippen MR) is 95.6 cm³/mol. The molecule has 0 radical (unpaired) electrons. The fourth-order valence-electron chi connectivity index (χ4n) is 2.87. The van der Waals surface area contributed by atoms with E-state index in [1.807, 2.05) is 38.1 Å². The van der Waals surface area contributed by atoms with Gasteiger partial charge in [-0.15, -0.1) is 0 Å². The van der Waals surface area contributed by atoms with Crippen molar-refractivity contribution < 1.29 is 13.2 Å². The largest absolute Gasteiger partial charge is 0.351 e. The van der Waals surface area contributed by atoms with Gasteiger partial charge < -0.3 is 5.32 Å². The topological polar surface area (TPSA) is 69.7 Å². The molecule has 0 atom stereocenters. The van der Waals surface area contributed by atoms with Gasteiger partial charge in [0, 0.05) is 44.8 Å². The van der Waals surface area contributed by atoms with E-state index >= 15 is 0 Å². The number of nitrogens with one attached hydrogen (secondary N) is 1. The summed E-state index contributed by atoms with van der Waals surface area (Å²) < 4.78 is 25.7. The zero-order chi connectivity index (χ0) is 17.6. The number of rotatable bonds is 7. The van der Waals surface area contributed by atoms with Crippen LogP contribution in [-0.4, -0.2) is 68.6 Å². The van der Waals surface area contributed by atoms with Gasteiger partial charge >= 0.3 is 0 Å². The third-order valence-electron chi connectivity index (χ3n) is 4.29. The standard InChI is InChI=1S/C17H27N3O3S/c1-3-14-24(22,23)20-12-10-19(11-13-20)9-8-18-17(21)16-7-5-4-6-15(16)2/h4-7H,3,8-14H2,1-2H3,(H,18,21). The molecule has 1 heterocycles. The van der Waals surface area contributed by atoms with E-state index in [9.17, 15) is 13.2 Å². The molecule has 6 nitrogen and oxygen atoms in total. The quantitative estimate of drug-likeness (QED) is 0.796. The SMILES string of the molecule is CCCS(=O)(=O)N1CCN(CCNC(=O)c2ccccc2C)CC1. The second-order valence-corrected chi connectivity index (χ2v) is 8.22. The Labute approximate surface area is 144 Å². The minimum atomic E-state index is -3.09. The molecule has 0 saturated carbocycles. The van der Waals surface area contributed by atoms with Crippen LogP contribution in [-0.2, 0) is 10.0 Å². The van der Waals surface area contributed by atoms with Crippen LogP contribution in [0.1, 0.15) is 29.3 Å². The Kier molecular flexibility index (Phi) is 6.77. The molecular formula is C17H27N3O3S. The van der Waals surface area contributed by atoms with Crippen LogP contribution in [0.2, 0.25) is 0 Å². The van der Waals surface area contributed by atoms with E-state index in [1.54, 1.807) is 4.31 Å². The van der Waals surface area contributed by atoms with Crippen LogP contribution < -0.4 is 5.32 Å². The van der Waals surface area contributed by atoms with Crippen LogP contribution in [0, 0.1) is 6.92 Å². The molecule has 1 aliphatic rings. The lowest BCUT2D eigenvalue weighted by molar-refractivity contribution is 0.0944. The van der Waals surface area contributed by atoms with E-state index < -0.39 is 10.0 Å². The van der Waals surface area contributed by atoms with Crippen molar-refractivity contribution >= 4 is 15.9 Å². The Morgan fingerprint density at radius 1 is 1.17 bits per heavy atom. The first-order chi connectivity index (χ1) is 11.4. The summed E-state index contributed by atoms with van der Waals surface area (Å²) in [7, 11) is -3.09. The lowest BCUT2D eigenvalue weighted by atomic mass is 10.1. The summed E-state index contributed by atoms with van der Waals surface area (Å²) in [6.45, 7) is 7.60. The number of nitrogens with zero attached hydrogens (tertiary/aromatic N) is 2. The van der Waals surface area contributed by atoms with Crippen molar-refractivity contribution in [3.05, 3.63) is 35.4 Å². The lowest BCUT2D eigenvalue weighted by Crippen LogP contribution is -2.50. The fourth-order valence-corrected chi connectivity index (χ4v) is 4.36. The third kappa shape index (κ3) is 5.03. The van der Waals surface area contributed by atoms with E-state index in [0.717, 1.165) is 12.1 Å². The molecule has 2 rings (SSSR count). The molecular weight excluding hydrogens is 326 g/mol. The van der Waals surface area contributed by atoms with E-state index in [4.69, 9.17) is 0 Å².